The van der Waals surface area contributed by atoms with Crippen LogP contribution in [0.2, 0.25) is 0 Å². The number of hydrogen-bond acceptors (Lipinski definition) is 5. The second kappa shape index (κ2) is 7.16. The van der Waals surface area contributed by atoms with Crippen LogP contribution in [0.3, 0.4) is 0 Å². The number of hydrogen-bond donors (Lipinski definition) is 0. The summed E-state index contributed by atoms with van der Waals surface area (Å²) in [6.45, 7) is 4.89. The van der Waals surface area contributed by atoms with Crippen LogP contribution in [-0.4, -0.2) is 41.9 Å². The Hall–Kier alpha value is -1.26. The van der Waals surface area contributed by atoms with Crippen LogP contribution in [0, 0.1) is 6.92 Å². The number of thiazole rings is 1. The Bertz CT molecular complexity index is 771. The van der Waals surface area contributed by atoms with Crippen molar-refractivity contribution in [2.45, 2.75) is 39.2 Å². The Morgan fingerprint density at radius 2 is 2.20 bits per heavy atom. The third kappa shape index (κ3) is 4.12. The lowest BCUT2D eigenvalue weighted by atomic mass is 10.1. The molecular formula is C15H19F3N4OS2. The molecule has 0 aliphatic carbocycles. The van der Waals surface area contributed by atoms with Gasteiger partial charge in [0.2, 0.25) is 0 Å². The number of alkyl halides is 3. The van der Waals surface area contributed by atoms with Gasteiger partial charge in [-0.25, -0.2) is 4.98 Å². The number of aromatic nitrogens is 3. The van der Waals surface area contributed by atoms with E-state index in [1.165, 1.54) is 0 Å². The molecule has 1 aliphatic heterocycles. The molecular weight excluding hydrogens is 373 g/mol. The monoisotopic (exact) mass is 392 g/mol. The molecule has 25 heavy (non-hydrogen) atoms. The molecule has 2 aromatic rings. The first-order chi connectivity index (χ1) is 11.8. The van der Waals surface area contributed by atoms with Crippen molar-refractivity contribution in [2.75, 3.05) is 18.1 Å². The molecule has 2 atom stereocenters. The molecule has 1 saturated heterocycles. The van der Waals surface area contributed by atoms with Gasteiger partial charge in [0.1, 0.15) is 0 Å². The second-order valence-corrected chi connectivity index (χ2v) is 8.84. The van der Waals surface area contributed by atoms with Gasteiger partial charge < -0.3 is 0 Å². The minimum Gasteiger partial charge on any atom is -0.289 e. The van der Waals surface area contributed by atoms with E-state index in [0.717, 1.165) is 16.9 Å². The van der Waals surface area contributed by atoms with E-state index in [1.807, 2.05) is 18.0 Å². The quantitative estimate of drug-likeness (QED) is 0.803. The summed E-state index contributed by atoms with van der Waals surface area (Å²) < 4.78 is 53.4. The maximum absolute atomic E-state index is 13.2. The van der Waals surface area contributed by atoms with Crippen LogP contribution in [0.4, 0.5) is 13.2 Å². The molecule has 0 radical (unpaired) electrons. The summed E-state index contributed by atoms with van der Waals surface area (Å²) in [7, 11) is -0.973. The molecule has 0 N–H and O–H groups in total. The summed E-state index contributed by atoms with van der Waals surface area (Å²) in [5.74, 6) is 0.881. The zero-order chi connectivity index (χ0) is 18.2. The minimum atomic E-state index is -4.46. The number of halogens is 3. The van der Waals surface area contributed by atoms with E-state index in [2.05, 4.69) is 10.1 Å². The highest BCUT2D eigenvalue weighted by atomic mass is 32.2. The van der Waals surface area contributed by atoms with Gasteiger partial charge in [-0.2, -0.15) is 18.3 Å². The van der Waals surface area contributed by atoms with Crippen molar-refractivity contribution in [2.24, 2.45) is 0 Å². The predicted molar refractivity (Wildman–Crippen MR) is 90.8 cm³/mol. The highest BCUT2D eigenvalue weighted by Gasteiger charge is 2.38. The van der Waals surface area contributed by atoms with Crippen molar-refractivity contribution >= 4 is 22.1 Å². The summed E-state index contributed by atoms with van der Waals surface area (Å²) in [5, 5.41) is 4.64. The third-order valence-corrected chi connectivity index (χ3v) is 6.45. The summed E-state index contributed by atoms with van der Waals surface area (Å²) >= 11 is 1.07. The van der Waals surface area contributed by atoms with Crippen LogP contribution >= 0.6 is 11.3 Å². The Balaban J connectivity index is 1.88. The van der Waals surface area contributed by atoms with Crippen molar-refractivity contribution in [3.63, 3.8) is 0 Å². The summed E-state index contributed by atoms with van der Waals surface area (Å²) in [5.41, 5.74) is 0.0920. The summed E-state index contributed by atoms with van der Waals surface area (Å²) in [4.78, 5) is 5.84. The molecule has 3 heterocycles. The zero-order valence-corrected chi connectivity index (χ0v) is 15.5. The van der Waals surface area contributed by atoms with Gasteiger partial charge in [0.25, 0.3) is 0 Å². The molecule has 5 nitrogen and oxygen atoms in total. The first-order valence-corrected chi connectivity index (χ1v) is 10.2. The Morgan fingerprint density at radius 3 is 2.84 bits per heavy atom. The van der Waals surface area contributed by atoms with E-state index in [-0.39, 0.29) is 17.5 Å². The molecule has 0 spiro atoms. The molecule has 0 bridgehead atoms. The first-order valence-electron chi connectivity index (χ1n) is 7.92. The number of aryl methyl sites for hydroxylation is 2. The van der Waals surface area contributed by atoms with Gasteiger partial charge in [-0.15, -0.1) is 11.3 Å². The molecule has 0 aromatic carbocycles. The van der Waals surface area contributed by atoms with Crippen molar-refractivity contribution in [3.8, 4) is 0 Å². The van der Waals surface area contributed by atoms with Crippen molar-refractivity contribution in [3.05, 3.63) is 33.5 Å². The largest absolute Gasteiger partial charge is 0.434 e. The number of rotatable bonds is 4. The van der Waals surface area contributed by atoms with Crippen LogP contribution in [0.25, 0.3) is 0 Å². The molecule has 2 unspecified atom stereocenters. The lowest BCUT2D eigenvalue weighted by Gasteiger charge is -2.34. The Morgan fingerprint density at radius 1 is 1.44 bits per heavy atom. The van der Waals surface area contributed by atoms with Crippen LogP contribution in [0.5, 0.6) is 0 Å². The fraction of sp³-hybridized carbons (Fsp3) is 0.600. The maximum atomic E-state index is 13.2. The van der Waals surface area contributed by atoms with Crippen molar-refractivity contribution in [1.82, 2.24) is 19.7 Å². The molecule has 1 fully saturated rings. The second-order valence-electron chi connectivity index (χ2n) is 5.93. The van der Waals surface area contributed by atoms with Gasteiger partial charge >= 0.3 is 6.18 Å². The van der Waals surface area contributed by atoms with Crippen LogP contribution < -0.4 is 0 Å². The number of nitrogens with zero attached hydrogens (tertiary/aromatic N) is 4. The molecule has 3 rings (SSSR count). The lowest BCUT2D eigenvalue weighted by molar-refractivity contribution is -0.141. The fourth-order valence-electron chi connectivity index (χ4n) is 2.94. The van der Waals surface area contributed by atoms with Gasteiger partial charge in [-0.1, -0.05) is 0 Å². The van der Waals surface area contributed by atoms with Gasteiger partial charge in [0, 0.05) is 59.7 Å². The van der Waals surface area contributed by atoms with Crippen LogP contribution in [-0.2, 0) is 30.1 Å². The van der Waals surface area contributed by atoms with Gasteiger partial charge in [0.15, 0.2) is 5.69 Å². The highest BCUT2D eigenvalue weighted by molar-refractivity contribution is 7.85. The first kappa shape index (κ1) is 18.5. The van der Waals surface area contributed by atoms with Gasteiger partial charge in [0.05, 0.1) is 16.1 Å². The highest BCUT2D eigenvalue weighted by Crippen LogP contribution is 2.36. The minimum absolute atomic E-state index is 0.152. The molecule has 0 saturated carbocycles. The Labute approximate surface area is 150 Å². The standard InChI is InChI=1S/C15H19F3N4OS2/c1-3-22-7-11(6-19-22)12-9-25(23)5-4-21(12)8-13-14(15(16,17)18)20-10(2)24-13/h6-7,12H,3-5,8-9H2,1-2H3. The smallest absolute Gasteiger partial charge is 0.289 e. The van der Waals surface area contributed by atoms with E-state index < -0.39 is 22.7 Å². The average Bonchev–Trinajstić information content (AvgIpc) is 3.15. The molecule has 138 valence electrons. The molecule has 0 amide bonds. The van der Waals surface area contributed by atoms with Crippen LogP contribution in [0.1, 0.15) is 34.1 Å². The van der Waals surface area contributed by atoms with Gasteiger partial charge in [-0.3, -0.25) is 13.8 Å². The topological polar surface area (TPSA) is 51.0 Å². The van der Waals surface area contributed by atoms with Gasteiger partial charge in [-0.05, 0) is 13.8 Å². The van der Waals surface area contributed by atoms with Crippen molar-refractivity contribution < 1.29 is 17.4 Å². The molecule has 10 heteroatoms. The molecule has 2 aromatic heterocycles. The van der Waals surface area contributed by atoms with E-state index in [1.54, 1.807) is 17.8 Å². The SMILES string of the molecule is CCn1cc(C2CS(=O)CCN2Cc2sc(C)nc2C(F)(F)F)cn1. The zero-order valence-electron chi connectivity index (χ0n) is 13.9. The predicted octanol–water partition coefficient (Wildman–Crippen LogP) is 2.99. The van der Waals surface area contributed by atoms with E-state index in [9.17, 15) is 17.4 Å². The lowest BCUT2D eigenvalue weighted by Crippen LogP contribution is -2.40. The van der Waals surface area contributed by atoms with E-state index in [4.69, 9.17) is 0 Å². The molecule has 1 aliphatic rings. The fourth-order valence-corrected chi connectivity index (χ4v) is 5.29. The maximum Gasteiger partial charge on any atom is 0.434 e. The third-order valence-electron chi connectivity index (χ3n) is 4.17. The average molecular weight is 392 g/mol. The van der Waals surface area contributed by atoms with Crippen LogP contribution in [0.15, 0.2) is 12.4 Å². The van der Waals surface area contributed by atoms with E-state index >= 15 is 0 Å². The summed E-state index contributed by atoms with van der Waals surface area (Å²) in [6.07, 6.45) is -0.865. The van der Waals surface area contributed by atoms with Crippen molar-refractivity contribution in [1.29, 1.82) is 0 Å². The Kier molecular flexibility index (Phi) is 5.31. The normalized spacial score (nSPS) is 22.4. The van der Waals surface area contributed by atoms with E-state index in [0.29, 0.717) is 29.6 Å². The summed E-state index contributed by atoms with van der Waals surface area (Å²) in [6, 6.07) is -0.196.